The molecule has 0 aliphatic rings. The lowest BCUT2D eigenvalue weighted by Crippen LogP contribution is -2.24. The summed E-state index contributed by atoms with van der Waals surface area (Å²) in [6, 6.07) is 9.13. The minimum Gasteiger partial charge on any atom is -0.310 e. The minimum absolute atomic E-state index is 0.373. The summed E-state index contributed by atoms with van der Waals surface area (Å²) >= 11 is 8.95. The molecule has 0 spiro atoms. The summed E-state index contributed by atoms with van der Waals surface area (Å²) in [7, 11) is 0. The molecule has 0 amide bonds. The highest BCUT2D eigenvalue weighted by molar-refractivity contribution is 9.10. The largest absolute Gasteiger partial charge is 0.310 e. The third-order valence-corrected chi connectivity index (χ3v) is 5.50. The molecule has 0 saturated carbocycles. The Balaban J connectivity index is 2.24. The second-order valence-corrected chi connectivity index (χ2v) is 7.77. The summed E-state index contributed by atoms with van der Waals surface area (Å²) in [5, 5.41) is 5.83. The van der Waals surface area contributed by atoms with E-state index in [0.717, 1.165) is 23.9 Å². The first-order valence-electron chi connectivity index (χ1n) is 6.82. The third kappa shape index (κ3) is 4.42. The van der Waals surface area contributed by atoms with Gasteiger partial charge in [0.05, 0.1) is 0 Å². The van der Waals surface area contributed by atoms with Crippen molar-refractivity contribution in [2.75, 3.05) is 6.54 Å². The lowest BCUT2D eigenvalue weighted by Gasteiger charge is -2.21. The normalized spacial score (nSPS) is 12.6. The monoisotopic (exact) mass is 415 g/mol. The van der Waals surface area contributed by atoms with E-state index in [1.54, 1.807) is 0 Å². The van der Waals surface area contributed by atoms with E-state index >= 15 is 0 Å². The number of rotatable bonds is 6. The van der Waals surface area contributed by atoms with E-state index in [0.29, 0.717) is 6.04 Å². The van der Waals surface area contributed by atoms with Crippen molar-refractivity contribution in [3.8, 4) is 0 Å². The number of benzene rings is 1. The first kappa shape index (κ1) is 16.2. The molecule has 1 atom stereocenters. The van der Waals surface area contributed by atoms with Crippen LogP contribution in [0.25, 0.3) is 0 Å². The molecule has 108 valence electrons. The molecular formula is C16H19Br2NS. The summed E-state index contributed by atoms with van der Waals surface area (Å²) in [4.78, 5) is 1.41. The highest BCUT2D eigenvalue weighted by atomic mass is 79.9. The first-order chi connectivity index (χ1) is 9.60. The van der Waals surface area contributed by atoms with Crippen LogP contribution in [-0.4, -0.2) is 6.54 Å². The molecular weight excluding hydrogens is 398 g/mol. The molecule has 20 heavy (non-hydrogen) atoms. The van der Waals surface area contributed by atoms with Gasteiger partial charge in [0.1, 0.15) is 0 Å². The fourth-order valence-corrected chi connectivity index (χ4v) is 4.14. The standard InChI is InChI=1S/C16H19Br2NS/c1-3-6-19-16(9-14-7-13(18)10-20-14)15-8-12(17)5-4-11(15)2/h4-5,7-8,10,16,19H,3,6,9H2,1-2H3. The Morgan fingerprint density at radius 1 is 1.20 bits per heavy atom. The average molecular weight is 417 g/mol. The molecule has 4 heteroatoms. The van der Waals surface area contributed by atoms with Crippen LogP contribution < -0.4 is 5.32 Å². The van der Waals surface area contributed by atoms with Crippen LogP contribution in [0.4, 0.5) is 0 Å². The zero-order chi connectivity index (χ0) is 14.5. The highest BCUT2D eigenvalue weighted by Crippen LogP contribution is 2.28. The maximum Gasteiger partial charge on any atom is 0.0371 e. The highest BCUT2D eigenvalue weighted by Gasteiger charge is 2.15. The predicted octanol–water partition coefficient (Wildman–Crippen LogP) is 5.86. The fraction of sp³-hybridized carbons (Fsp3) is 0.375. The zero-order valence-corrected chi connectivity index (χ0v) is 15.7. The number of halogens is 2. The second kappa shape index (κ2) is 7.74. The topological polar surface area (TPSA) is 12.0 Å². The fourth-order valence-electron chi connectivity index (χ4n) is 2.26. The van der Waals surface area contributed by atoms with E-state index in [1.807, 2.05) is 11.3 Å². The summed E-state index contributed by atoms with van der Waals surface area (Å²) in [6.45, 7) is 5.44. The van der Waals surface area contributed by atoms with Crippen LogP contribution in [0, 0.1) is 6.92 Å². The van der Waals surface area contributed by atoms with Crippen molar-refractivity contribution < 1.29 is 0 Å². The Morgan fingerprint density at radius 3 is 2.65 bits per heavy atom. The molecule has 1 N–H and O–H groups in total. The van der Waals surface area contributed by atoms with Gasteiger partial charge in [-0.05, 0) is 65.1 Å². The number of hydrogen-bond acceptors (Lipinski definition) is 2. The second-order valence-electron chi connectivity index (χ2n) is 4.94. The summed E-state index contributed by atoms with van der Waals surface area (Å²) in [6.07, 6.45) is 2.19. The van der Waals surface area contributed by atoms with Gasteiger partial charge in [-0.3, -0.25) is 0 Å². The molecule has 0 aliphatic carbocycles. The van der Waals surface area contributed by atoms with Gasteiger partial charge in [0.25, 0.3) is 0 Å². The molecule has 1 unspecified atom stereocenters. The van der Waals surface area contributed by atoms with E-state index in [2.05, 4.69) is 80.7 Å². The van der Waals surface area contributed by atoms with Crippen LogP contribution in [0.15, 0.2) is 38.6 Å². The van der Waals surface area contributed by atoms with Crippen LogP contribution in [0.5, 0.6) is 0 Å². The van der Waals surface area contributed by atoms with Gasteiger partial charge >= 0.3 is 0 Å². The van der Waals surface area contributed by atoms with Crippen molar-refractivity contribution in [1.82, 2.24) is 5.32 Å². The molecule has 0 saturated heterocycles. The molecule has 2 rings (SSSR count). The lowest BCUT2D eigenvalue weighted by atomic mass is 9.98. The van der Waals surface area contributed by atoms with Gasteiger partial charge in [0.2, 0.25) is 0 Å². The van der Waals surface area contributed by atoms with Gasteiger partial charge in [-0.25, -0.2) is 0 Å². The van der Waals surface area contributed by atoms with Crippen molar-refractivity contribution in [3.05, 3.63) is 54.6 Å². The van der Waals surface area contributed by atoms with Gasteiger partial charge in [0, 0.05) is 31.7 Å². The Morgan fingerprint density at radius 2 is 2.00 bits per heavy atom. The molecule has 0 fully saturated rings. The summed E-state index contributed by atoms with van der Waals surface area (Å²) < 4.78 is 2.33. The van der Waals surface area contributed by atoms with Crippen molar-refractivity contribution in [1.29, 1.82) is 0 Å². The first-order valence-corrected chi connectivity index (χ1v) is 9.29. The molecule has 1 nitrogen and oxygen atoms in total. The SMILES string of the molecule is CCCNC(Cc1cc(Br)cs1)c1cc(Br)ccc1C. The molecule has 1 aromatic heterocycles. The van der Waals surface area contributed by atoms with Crippen LogP contribution in [0.2, 0.25) is 0 Å². The molecule has 0 radical (unpaired) electrons. The molecule has 1 heterocycles. The van der Waals surface area contributed by atoms with Gasteiger partial charge in [-0.2, -0.15) is 0 Å². The Hall–Kier alpha value is -0.160. The zero-order valence-electron chi connectivity index (χ0n) is 11.7. The van der Waals surface area contributed by atoms with Gasteiger partial charge < -0.3 is 5.32 Å². The summed E-state index contributed by atoms with van der Waals surface area (Å²) in [5.41, 5.74) is 2.73. The van der Waals surface area contributed by atoms with Crippen molar-refractivity contribution in [3.63, 3.8) is 0 Å². The Kier molecular flexibility index (Phi) is 6.27. The molecule has 2 aromatic rings. The van der Waals surface area contributed by atoms with Crippen LogP contribution in [0.1, 0.15) is 35.4 Å². The van der Waals surface area contributed by atoms with Crippen LogP contribution in [-0.2, 0) is 6.42 Å². The smallest absolute Gasteiger partial charge is 0.0371 e. The Labute approximate surface area is 142 Å². The molecule has 1 aromatic carbocycles. The maximum atomic E-state index is 3.68. The van der Waals surface area contributed by atoms with E-state index in [4.69, 9.17) is 0 Å². The maximum absolute atomic E-state index is 3.68. The number of aryl methyl sites for hydroxylation is 1. The van der Waals surface area contributed by atoms with Crippen LogP contribution in [0.3, 0.4) is 0 Å². The number of thiophene rings is 1. The third-order valence-electron chi connectivity index (χ3n) is 3.28. The van der Waals surface area contributed by atoms with Gasteiger partial charge in [-0.15, -0.1) is 11.3 Å². The lowest BCUT2D eigenvalue weighted by molar-refractivity contribution is 0.530. The predicted molar refractivity (Wildman–Crippen MR) is 95.6 cm³/mol. The van der Waals surface area contributed by atoms with Crippen molar-refractivity contribution >= 4 is 43.2 Å². The quantitative estimate of drug-likeness (QED) is 0.621. The number of nitrogens with one attached hydrogen (secondary N) is 1. The van der Waals surface area contributed by atoms with Gasteiger partial charge in [0.15, 0.2) is 0 Å². The van der Waals surface area contributed by atoms with E-state index < -0.39 is 0 Å². The summed E-state index contributed by atoms with van der Waals surface area (Å²) in [5.74, 6) is 0. The van der Waals surface area contributed by atoms with Crippen LogP contribution >= 0.6 is 43.2 Å². The van der Waals surface area contributed by atoms with E-state index in [1.165, 1.54) is 20.5 Å². The van der Waals surface area contributed by atoms with E-state index in [-0.39, 0.29) is 0 Å². The Bertz CT molecular complexity index is 565. The number of hydrogen-bond donors (Lipinski definition) is 1. The molecule has 0 bridgehead atoms. The average Bonchev–Trinajstić information content (AvgIpc) is 2.83. The van der Waals surface area contributed by atoms with Crippen molar-refractivity contribution in [2.24, 2.45) is 0 Å². The molecule has 0 aliphatic heterocycles. The minimum atomic E-state index is 0.373. The van der Waals surface area contributed by atoms with E-state index in [9.17, 15) is 0 Å². The van der Waals surface area contributed by atoms with Gasteiger partial charge in [-0.1, -0.05) is 28.9 Å². The van der Waals surface area contributed by atoms with Crippen molar-refractivity contribution in [2.45, 2.75) is 32.7 Å².